The van der Waals surface area contributed by atoms with E-state index in [9.17, 15) is 22.4 Å². The smallest absolute Gasteiger partial charge is 0.382 e. The number of aromatic nitrogens is 3. The number of rotatable bonds is 4. The number of hydrogen-bond acceptors (Lipinski definition) is 4. The van der Waals surface area contributed by atoms with Gasteiger partial charge in [0.15, 0.2) is 0 Å². The number of alkyl halides is 3. The molecule has 31 heavy (non-hydrogen) atoms. The van der Waals surface area contributed by atoms with Crippen LogP contribution in [0.3, 0.4) is 0 Å². The molecule has 1 saturated carbocycles. The summed E-state index contributed by atoms with van der Waals surface area (Å²) in [5, 5.41) is 12.6. The molecule has 4 rings (SSSR count). The second-order valence-corrected chi connectivity index (χ2v) is 7.87. The minimum atomic E-state index is -4.63. The Balaban J connectivity index is 1.55. The van der Waals surface area contributed by atoms with Crippen LogP contribution in [0.5, 0.6) is 0 Å². The number of pyridine rings is 1. The molecule has 1 amide bonds. The monoisotopic (exact) mass is 455 g/mol. The first-order valence-electron chi connectivity index (χ1n) is 9.64. The fourth-order valence-electron chi connectivity index (χ4n) is 3.83. The van der Waals surface area contributed by atoms with Crippen molar-refractivity contribution in [3.8, 4) is 0 Å². The summed E-state index contributed by atoms with van der Waals surface area (Å²) in [6, 6.07) is 3.95. The molecule has 1 aromatic carbocycles. The lowest BCUT2D eigenvalue weighted by Crippen LogP contribution is -2.41. The number of benzene rings is 1. The summed E-state index contributed by atoms with van der Waals surface area (Å²) in [6.45, 7) is 0. The summed E-state index contributed by atoms with van der Waals surface area (Å²) in [5.74, 6) is -0.942. The molecular weight excluding hydrogens is 438 g/mol. The third-order valence-corrected chi connectivity index (χ3v) is 5.56. The molecule has 0 radical (unpaired) electrons. The quantitative estimate of drug-likeness (QED) is 0.487. The second kappa shape index (κ2) is 8.33. The van der Waals surface area contributed by atoms with Crippen molar-refractivity contribution in [2.45, 2.75) is 43.9 Å². The summed E-state index contributed by atoms with van der Waals surface area (Å²) >= 11 is 5.89. The number of amides is 1. The average Bonchev–Trinajstić information content (AvgIpc) is 3.14. The van der Waals surface area contributed by atoms with Crippen molar-refractivity contribution >= 4 is 34.1 Å². The van der Waals surface area contributed by atoms with Gasteiger partial charge in [-0.25, -0.2) is 9.37 Å². The first-order chi connectivity index (χ1) is 14.7. The largest absolute Gasteiger partial charge is 0.433 e. The highest BCUT2D eigenvalue weighted by Gasteiger charge is 2.34. The number of anilines is 1. The topological polar surface area (TPSA) is 82.7 Å². The predicted molar refractivity (Wildman–Crippen MR) is 107 cm³/mol. The molecule has 3 aromatic rings. The van der Waals surface area contributed by atoms with Gasteiger partial charge in [-0.1, -0.05) is 11.6 Å². The van der Waals surface area contributed by atoms with Crippen LogP contribution in [0.2, 0.25) is 5.15 Å². The van der Waals surface area contributed by atoms with Crippen molar-refractivity contribution in [1.29, 1.82) is 0 Å². The Hall–Kier alpha value is -2.88. The van der Waals surface area contributed by atoms with Gasteiger partial charge in [-0.05, 0) is 49.9 Å². The van der Waals surface area contributed by atoms with Crippen LogP contribution in [0.1, 0.15) is 41.7 Å². The van der Waals surface area contributed by atoms with Gasteiger partial charge in [-0.15, -0.1) is 0 Å². The van der Waals surface area contributed by atoms with Crippen LogP contribution in [-0.4, -0.2) is 33.2 Å². The highest BCUT2D eigenvalue weighted by Crippen LogP contribution is 2.34. The fourth-order valence-corrected chi connectivity index (χ4v) is 4.01. The number of carbonyl (C=O) groups excluding carboxylic acids is 1. The Bertz CT molecular complexity index is 1120. The van der Waals surface area contributed by atoms with Crippen molar-refractivity contribution in [2.24, 2.45) is 0 Å². The zero-order chi connectivity index (χ0) is 22.2. The third-order valence-electron chi connectivity index (χ3n) is 5.27. The van der Waals surface area contributed by atoms with E-state index in [1.807, 2.05) is 0 Å². The maximum absolute atomic E-state index is 13.8. The van der Waals surface area contributed by atoms with Gasteiger partial charge in [-0.2, -0.15) is 18.3 Å². The summed E-state index contributed by atoms with van der Waals surface area (Å²) in [7, 11) is 0. The molecule has 0 bridgehead atoms. The third kappa shape index (κ3) is 4.73. The van der Waals surface area contributed by atoms with E-state index in [-0.39, 0.29) is 45.3 Å². The van der Waals surface area contributed by atoms with E-state index in [0.29, 0.717) is 12.8 Å². The summed E-state index contributed by atoms with van der Waals surface area (Å²) in [5.41, 5.74) is -0.618. The number of carbonyl (C=O) groups is 1. The number of aromatic amines is 1. The van der Waals surface area contributed by atoms with E-state index in [0.717, 1.165) is 31.0 Å². The van der Waals surface area contributed by atoms with Gasteiger partial charge in [0.2, 0.25) is 0 Å². The molecule has 2 aromatic heterocycles. The van der Waals surface area contributed by atoms with Crippen LogP contribution < -0.4 is 10.6 Å². The van der Waals surface area contributed by atoms with Gasteiger partial charge >= 0.3 is 6.18 Å². The molecule has 0 unspecified atom stereocenters. The molecule has 2 atom stereocenters. The first-order valence-corrected chi connectivity index (χ1v) is 10.0. The van der Waals surface area contributed by atoms with Gasteiger partial charge in [0.1, 0.15) is 16.7 Å². The molecule has 0 saturated heterocycles. The van der Waals surface area contributed by atoms with E-state index in [1.165, 1.54) is 12.3 Å². The zero-order valence-corrected chi connectivity index (χ0v) is 16.8. The SMILES string of the molecule is O=C(N[C@@H]1CCC[C@H](Nc2cc(C(F)(F)F)nc3ccc(F)cc23)C1)c1cn[nH]c1Cl. The van der Waals surface area contributed by atoms with Crippen molar-refractivity contribution < 1.29 is 22.4 Å². The average molecular weight is 456 g/mol. The number of nitrogens with one attached hydrogen (secondary N) is 3. The van der Waals surface area contributed by atoms with Crippen molar-refractivity contribution in [2.75, 3.05) is 5.32 Å². The predicted octanol–water partition coefficient (Wildman–Crippen LogP) is 4.92. The van der Waals surface area contributed by atoms with E-state index in [2.05, 4.69) is 25.8 Å². The Morgan fingerprint density at radius 1 is 1.19 bits per heavy atom. The molecule has 3 N–H and O–H groups in total. The molecule has 6 nitrogen and oxygen atoms in total. The standard InChI is InChI=1S/C20H18ClF4N5O/c21-18-14(9-26-30-18)19(31)28-12-3-1-2-11(7-12)27-16-8-17(20(23,24)25)29-15-5-4-10(22)6-13(15)16/h4-6,8-9,11-12H,1-3,7H2,(H,26,30)(H,27,29)(H,28,31)/t11-,12+/m0/s1. The highest BCUT2D eigenvalue weighted by atomic mass is 35.5. The minimum Gasteiger partial charge on any atom is -0.382 e. The molecule has 1 aliphatic carbocycles. The zero-order valence-electron chi connectivity index (χ0n) is 16.1. The lowest BCUT2D eigenvalue weighted by atomic mass is 9.90. The summed E-state index contributed by atoms with van der Waals surface area (Å²) < 4.78 is 53.6. The maximum atomic E-state index is 13.8. The van der Waals surface area contributed by atoms with Gasteiger partial charge in [0.05, 0.1) is 17.3 Å². The van der Waals surface area contributed by atoms with Crippen molar-refractivity contribution in [3.05, 3.63) is 52.7 Å². The van der Waals surface area contributed by atoms with Crippen LogP contribution >= 0.6 is 11.6 Å². The Morgan fingerprint density at radius 3 is 2.68 bits per heavy atom. The lowest BCUT2D eigenvalue weighted by Gasteiger charge is -2.31. The van der Waals surface area contributed by atoms with Crippen LogP contribution in [0.25, 0.3) is 10.9 Å². The molecule has 164 valence electrons. The molecule has 0 spiro atoms. The second-order valence-electron chi connectivity index (χ2n) is 7.49. The molecule has 1 fully saturated rings. The van der Waals surface area contributed by atoms with Crippen LogP contribution in [-0.2, 0) is 6.18 Å². The minimum absolute atomic E-state index is 0.0500. The van der Waals surface area contributed by atoms with Crippen LogP contribution in [0.4, 0.5) is 23.2 Å². The number of nitrogens with zero attached hydrogens (tertiary/aromatic N) is 2. The normalized spacial score (nSPS) is 19.4. The highest BCUT2D eigenvalue weighted by molar-refractivity contribution is 6.32. The van der Waals surface area contributed by atoms with Gasteiger partial charge in [-0.3, -0.25) is 9.89 Å². The number of halogens is 5. The molecule has 2 heterocycles. The first kappa shape index (κ1) is 21.4. The number of fused-ring (bicyclic) bond motifs is 1. The van der Waals surface area contributed by atoms with Crippen molar-refractivity contribution in [1.82, 2.24) is 20.5 Å². The molecule has 11 heteroatoms. The molecular formula is C20H18ClF4N5O. The van der Waals surface area contributed by atoms with Crippen LogP contribution in [0, 0.1) is 5.82 Å². The van der Waals surface area contributed by atoms with E-state index in [4.69, 9.17) is 11.6 Å². The van der Waals surface area contributed by atoms with Gasteiger partial charge in [0, 0.05) is 23.2 Å². The Labute approximate surface area is 179 Å². The maximum Gasteiger partial charge on any atom is 0.433 e. The number of hydrogen-bond donors (Lipinski definition) is 3. The molecule has 1 aliphatic rings. The van der Waals surface area contributed by atoms with Crippen LogP contribution in [0.15, 0.2) is 30.5 Å². The summed E-state index contributed by atoms with van der Waals surface area (Å²) in [4.78, 5) is 16.0. The Kier molecular flexibility index (Phi) is 5.74. The van der Waals surface area contributed by atoms with E-state index >= 15 is 0 Å². The van der Waals surface area contributed by atoms with E-state index in [1.54, 1.807) is 0 Å². The molecule has 0 aliphatic heterocycles. The number of H-pyrrole nitrogens is 1. The van der Waals surface area contributed by atoms with Gasteiger partial charge in [0.25, 0.3) is 5.91 Å². The van der Waals surface area contributed by atoms with E-state index < -0.39 is 17.7 Å². The lowest BCUT2D eigenvalue weighted by molar-refractivity contribution is -0.140. The van der Waals surface area contributed by atoms with Gasteiger partial charge < -0.3 is 10.6 Å². The summed E-state index contributed by atoms with van der Waals surface area (Å²) in [6.07, 6.45) is -0.649. The van der Waals surface area contributed by atoms with Crippen molar-refractivity contribution in [3.63, 3.8) is 0 Å². The Morgan fingerprint density at radius 2 is 1.97 bits per heavy atom. The fraction of sp³-hybridized carbons (Fsp3) is 0.350.